The van der Waals surface area contributed by atoms with Crippen LogP contribution in [0.25, 0.3) is 0 Å². The largest absolute Gasteiger partial charge is 0.386 e. The van der Waals surface area contributed by atoms with Crippen molar-refractivity contribution in [1.82, 2.24) is 5.32 Å². The van der Waals surface area contributed by atoms with Crippen molar-refractivity contribution < 1.29 is 0 Å². The highest BCUT2D eigenvalue weighted by Crippen LogP contribution is 2.72. The van der Waals surface area contributed by atoms with Crippen LogP contribution in [0.1, 0.15) is 44.7 Å². The maximum atomic E-state index is 10.8. The molecular formula is C22H25N5S2. The molecule has 0 saturated heterocycles. The van der Waals surface area contributed by atoms with Crippen molar-refractivity contribution in [2.45, 2.75) is 43.4 Å². The molecule has 0 bridgehead atoms. The molecule has 1 aromatic rings. The first-order chi connectivity index (χ1) is 14.1. The van der Waals surface area contributed by atoms with E-state index in [-0.39, 0.29) is 5.84 Å². The molecular weight excluding hydrogens is 398 g/mol. The lowest BCUT2D eigenvalue weighted by Gasteiger charge is -2.52. The van der Waals surface area contributed by atoms with Crippen LogP contribution >= 0.6 is 23.5 Å². The van der Waals surface area contributed by atoms with E-state index in [2.05, 4.69) is 31.3 Å². The zero-order valence-electron chi connectivity index (χ0n) is 16.7. The van der Waals surface area contributed by atoms with E-state index in [9.17, 15) is 10.5 Å². The van der Waals surface area contributed by atoms with Crippen LogP contribution in [0.5, 0.6) is 0 Å². The minimum Gasteiger partial charge on any atom is -0.386 e. The fraction of sp³-hybridized carbons (Fsp3) is 0.500. The lowest BCUT2D eigenvalue weighted by atomic mass is 9.55. The molecule has 3 atom stereocenters. The summed E-state index contributed by atoms with van der Waals surface area (Å²) in [5, 5.41) is 25.2. The van der Waals surface area contributed by atoms with Gasteiger partial charge in [-0.1, -0.05) is 44.2 Å². The molecule has 0 saturated carbocycles. The van der Waals surface area contributed by atoms with Crippen molar-refractivity contribution >= 4 is 29.4 Å². The van der Waals surface area contributed by atoms with Gasteiger partial charge >= 0.3 is 0 Å². The summed E-state index contributed by atoms with van der Waals surface area (Å²) in [6.45, 7) is 4.15. The summed E-state index contributed by atoms with van der Waals surface area (Å²) in [5.74, 6) is 1.87. The van der Waals surface area contributed by atoms with Gasteiger partial charge in [0.1, 0.15) is 5.84 Å². The fourth-order valence-electron chi connectivity index (χ4n) is 5.29. The number of nitrogens with one attached hydrogen (secondary N) is 1. The predicted octanol–water partition coefficient (Wildman–Crippen LogP) is 4.32. The summed E-state index contributed by atoms with van der Waals surface area (Å²) in [6.07, 6.45) is 2.68. The zero-order chi connectivity index (χ0) is 20.7. The number of hydrogen-bond donors (Lipinski definition) is 2. The summed E-state index contributed by atoms with van der Waals surface area (Å²) in [4.78, 5) is 4.97. The van der Waals surface area contributed by atoms with Gasteiger partial charge in [0, 0.05) is 5.70 Å². The van der Waals surface area contributed by atoms with Crippen LogP contribution in [-0.2, 0) is 0 Å². The van der Waals surface area contributed by atoms with Crippen molar-refractivity contribution in [2.24, 2.45) is 21.6 Å². The van der Waals surface area contributed by atoms with Crippen LogP contribution < -0.4 is 11.1 Å². The third kappa shape index (κ3) is 2.38. The smallest absolute Gasteiger partial charge is 0.178 e. The highest BCUT2D eigenvalue weighted by atomic mass is 32.2. The van der Waals surface area contributed by atoms with E-state index < -0.39 is 21.1 Å². The molecule has 0 fully saturated rings. The number of nitrogens with zero attached hydrogens (tertiary/aromatic N) is 3. The number of fused-ring (bicyclic) bond motifs is 2. The van der Waals surface area contributed by atoms with Crippen molar-refractivity contribution in [1.29, 1.82) is 10.5 Å². The van der Waals surface area contributed by atoms with Gasteiger partial charge in [0.05, 0.1) is 18.2 Å². The lowest BCUT2D eigenvalue weighted by Crippen LogP contribution is -2.61. The Balaban J connectivity index is 2.08. The number of amidine groups is 1. The first kappa shape index (κ1) is 20.2. The van der Waals surface area contributed by atoms with Crippen molar-refractivity contribution in [3.05, 3.63) is 47.2 Å². The van der Waals surface area contributed by atoms with Crippen molar-refractivity contribution in [3.8, 4) is 12.1 Å². The Kier molecular flexibility index (Phi) is 5.09. The Labute approximate surface area is 180 Å². The van der Waals surface area contributed by atoms with Gasteiger partial charge in [0.15, 0.2) is 15.0 Å². The standard InChI is InChI=1S/C22H25N5S2/c1-3-28-22(29-4-2)21(14-24)16-11-8-12-17(16)26-18(15-9-6-5-7-10-15)20(21,13-23)19(25)27-22/h5-7,9-10,18,26H,3-4,8,11-12H2,1-2H3,(H2,25,27)/t18-,20-,21+/m1/s1. The first-order valence-corrected chi connectivity index (χ1v) is 12.0. The van der Waals surface area contributed by atoms with Crippen molar-refractivity contribution in [2.75, 3.05) is 11.5 Å². The molecule has 0 radical (unpaired) electrons. The van der Waals surface area contributed by atoms with Crippen LogP contribution in [0.2, 0.25) is 0 Å². The molecule has 0 spiro atoms. The number of rotatable bonds is 5. The fourth-order valence-corrected chi connectivity index (χ4v) is 8.53. The van der Waals surface area contributed by atoms with E-state index in [0.717, 1.165) is 47.6 Å². The second kappa shape index (κ2) is 7.31. The van der Waals surface area contributed by atoms with Gasteiger partial charge in [-0.15, -0.1) is 23.5 Å². The summed E-state index contributed by atoms with van der Waals surface area (Å²) in [7, 11) is 0. The Morgan fingerprint density at radius 2 is 1.83 bits per heavy atom. The molecule has 4 rings (SSSR count). The number of thioether (sulfide) groups is 2. The maximum absolute atomic E-state index is 10.8. The van der Waals surface area contributed by atoms with Gasteiger partial charge in [-0.05, 0) is 41.9 Å². The van der Waals surface area contributed by atoms with Crippen LogP contribution in [0.3, 0.4) is 0 Å². The second-order valence-corrected chi connectivity index (χ2v) is 10.7. The third-order valence-corrected chi connectivity index (χ3v) is 9.18. The summed E-state index contributed by atoms with van der Waals surface area (Å²) in [6, 6.07) is 14.7. The van der Waals surface area contributed by atoms with Gasteiger partial charge in [-0.3, -0.25) is 0 Å². The van der Waals surface area contributed by atoms with Crippen LogP contribution in [0, 0.1) is 33.5 Å². The van der Waals surface area contributed by atoms with Gasteiger partial charge in [-0.25, -0.2) is 4.99 Å². The summed E-state index contributed by atoms with van der Waals surface area (Å²) in [5.41, 5.74) is 7.39. The zero-order valence-corrected chi connectivity index (χ0v) is 18.4. The first-order valence-electron chi connectivity index (χ1n) is 10.1. The number of benzene rings is 1. The van der Waals surface area contributed by atoms with Crippen LogP contribution in [0.4, 0.5) is 0 Å². The molecule has 5 nitrogen and oxygen atoms in total. The molecule has 1 aromatic carbocycles. The minimum absolute atomic E-state index is 0.281. The molecule has 2 aliphatic heterocycles. The average Bonchev–Trinajstić information content (AvgIpc) is 3.28. The minimum atomic E-state index is -1.25. The summed E-state index contributed by atoms with van der Waals surface area (Å²) >= 11 is 3.29. The van der Waals surface area contributed by atoms with Gasteiger partial charge in [0.2, 0.25) is 0 Å². The normalized spacial score (nSPS) is 31.9. The quantitative estimate of drug-likeness (QED) is 0.685. The van der Waals surface area contributed by atoms with E-state index in [4.69, 9.17) is 10.7 Å². The number of allylic oxidation sites excluding steroid dienone is 1. The van der Waals surface area contributed by atoms with E-state index in [1.807, 2.05) is 30.3 Å². The molecule has 2 heterocycles. The third-order valence-electron chi connectivity index (χ3n) is 6.32. The maximum Gasteiger partial charge on any atom is 0.178 e. The van der Waals surface area contributed by atoms with Gasteiger partial charge in [0.25, 0.3) is 0 Å². The number of hydrogen-bond acceptors (Lipinski definition) is 7. The summed E-state index contributed by atoms with van der Waals surface area (Å²) < 4.78 is -0.814. The lowest BCUT2D eigenvalue weighted by molar-refractivity contribution is 0.200. The van der Waals surface area contributed by atoms with Crippen molar-refractivity contribution in [3.63, 3.8) is 0 Å². The van der Waals surface area contributed by atoms with Gasteiger partial charge in [-0.2, -0.15) is 10.5 Å². The van der Waals surface area contributed by atoms with E-state index >= 15 is 0 Å². The Hall–Kier alpha value is -2.09. The molecule has 29 heavy (non-hydrogen) atoms. The SMILES string of the molecule is CCSC1(SCC)N=C(N)[C@@]2(C#N)[C@@H](c3ccccc3)NC3=C(CCC3)[C@]12C#N. The van der Waals surface area contributed by atoms with Gasteiger partial charge < -0.3 is 11.1 Å². The second-order valence-electron chi connectivity index (χ2n) is 7.53. The Morgan fingerprint density at radius 3 is 2.41 bits per heavy atom. The molecule has 3 aliphatic rings. The molecule has 3 N–H and O–H groups in total. The number of nitriles is 2. The van der Waals surface area contributed by atoms with Crippen LogP contribution in [-0.4, -0.2) is 21.5 Å². The predicted molar refractivity (Wildman–Crippen MR) is 120 cm³/mol. The van der Waals surface area contributed by atoms with E-state index in [0.29, 0.717) is 0 Å². The highest BCUT2D eigenvalue weighted by Gasteiger charge is 2.77. The average molecular weight is 424 g/mol. The number of aliphatic imine (C=N–C) groups is 1. The molecule has 0 aromatic heterocycles. The van der Waals surface area contributed by atoms with Crippen LogP contribution in [0.15, 0.2) is 46.6 Å². The Bertz CT molecular complexity index is 952. The highest BCUT2D eigenvalue weighted by molar-refractivity contribution is 8.18. The topological polar surface area (TPSA) is 98.0 Å². The molecule has 0 unspecified atom stereocenters. The monoisotopic (exact) mass is 423 g/mol. The number of nitrogens with two attached hydrogens (primary N) is 1. The van der Waals surface area contributed by atoms with E-state index in [1.165, 1.54) is 0 Å². The molecule has 150 valence electrons. The van der Waals surface area contributed by atoms with E-state index in [1.54, 1.807) is 23.5 Å². The molecule has 1 aliphatic carbocycles. The molecule has 0 amide bonds. The Morgan fingerprint density at radius 1 is 1.14 bits per heavy atom. The molecule has 7 heteroatoms.